The number of hydrogen-bond acceptors (Lipinski definition) is 5. The molecule has 4 nitrogen and oxygen atoms in total. The molecule has 0 saturated carbocycles. The fourth-order valence-electron chi connectivity index (χ4n) is 0.836. The zero-order chi connectivity index (χ0) is 9.84. The molecule has 0 unspecified atom stereocenters. The number of nitrogens with two attached hydrogens (primary N) is 1. The van der Waals surface area contributed by atoms with E-state index in [1.807, 2.05) is 20.8 Å². The van der Waals surface area contributed by atoms with Crippen molar-refractivity contribution in [2.45, 2.75) is 20.8 Å². The second-order valence-corrected chi connectivity index (χ2v) is 3.34. The molecule has 0 aliphatic carbocycles. The van der Waals surface area contributed by atoms with Gasteiger partial charge in [-0.1, -0.05) is 25.2 Å². The number of hydrogen-bond donors (Lipinski definition) is 1. The first kappa shape index (κ1) is 9.85. The average molecular weight is 196 g/mol. The molecule has 0 spiro atoms. The highest BCUT2D eigenvalue weighted by molar-refractivity contribution is 7.18. The molecule has 0 radical (unpaired) electrons. The maximum absolute atomic E-state index is 5.44. The number of thiazole rings is 1. The summed E-state index contributed by atoms with van der Waals surface area (Å²) < 4.78 is 0. The Hall–Kier alpha value is -1.23. The van der Waals surface area contributed by atoms with E-state index >= 15 is 0 Å². The first-order chi connectivity index (χ1) is 6.25. The predicted molar refractivity (Wildman–Crippen MR) is 55.7 cm³/mol. The van der Waals surface area contributed by atoms with Gasteiger partial charge in [0.25, 0.3) is 0 Å². The number of aryl methyl sites for hydroxylation is 1. The summed E-state index contributed by atoms with van der Waals surface area (Å²) in [5.74, 6) is 0.446. The van der Waals surface area contributed by atoms with Crippen LogP contribution in [0.3, 0.4) is 0 Å². The summed E-state index contributed by atoms with van der Waals surface area (Å²) >= 11 is 1.50. The Kier molecular flexibility index (Phi) is 3.13. The highest BCUT2D eigenvalue weighted by Crippen LogP contribution is 2.17. The van der Waals surface area contributed by atoms with E-state index in [4.69, 9.17) is 5.73 Å². The number of nitrogen functional groups attached to an aromatic ring is 1. The Morgan fingerprint density at radius 1 is 1.31 bits per heavy atom. The van der Waals surface area contributed by atoms with Crippen LogP contribution in [-0.2, 0) is 0 Å². The van der Waals surface area contributed by atoms with Crippen LogP contribution in [0.1, 0.15) is 18.9 Å². The fourth-order valence-corrected chi connectivity index (χ4v) is 1.59. The van der Waals surface area contributed by atoms with Crippen LogP contribution < -0.4 is 5.73 Å². The molecule has 2 aromatic heterocycles. The van der Waals surface area contributed by atoms with E-state index in [2.05, 4.69) is 15.0 Å². The Bertz CT molecular complexity index is 396. The van der Waals surface area contributed by atoms with Gasteiger partial charge in [0.1, 0.15) is 5.82 Å². The maximum atomic E-state index is 5.44. The lowest BCUT2D eigenvalue weighted by atomic mass is 10.6. The summed E-state index contributed by atoms with van der Waals surface area (Å²) in [4.78, 5) is 13.0. The van der Waals surface area contributed by atoms with E-state index in [0.717, 1.165) is 9.84 Å². The number of aromatic nitrogens is 3. The standard InChI is InChI=1S/C6H6N4S.C2H6/c1-3-9-5-6(11-3)10-4(7)2-8-5;1-2/h2H,1H3,(H2,7,10);1-2H3. The fraction of sp³-hybridized carbons (Fsp3) is 0.375. The molecule has 0 aromatic carbocycles. The van der Waals surface area contributed by atoms with Gasteiger partial charge in [-0.15, -0.1) is 0 Å². The lowest BCUT2D eigenvalue weighted by Crippen LogP contribution is -1.90. The molecule has 2 heterocycles. The molecule has 5 heteroatoms. The van der Waals surface area contributed by atoms with Crippen LogP contribution in [-0.4, -0.2) is 15.0 Å². The smallest absolute Gasteiger partial charge is 0.189 e. The molecule has 0 saturated heterocycles. The van der Waals surface area contributed by atoms with Gasteiger partial charge in [0, 0.05) is 0 Å². The average Bonchev–Trinajstić information content (AvgIpc) is 2.48. The molecule has 2 rings (SSSR count). The lowest BCUT2D eigenvalue weighted by molar-refractivity contribution is 1.24. The molecule has 0 bridgehead atoms. The molecule has 2 N–H and O–H groups in total. The third-order valence-corrected chi connectivity index (χ3v) is 2.10. The number of rotatable bonds is 0. The molecule has 0 fully saturated rings. The van der Waals surface area contributed by atoms with Crippen LogP contribution in [0.2, 0.25) is 0 Å². The molecule has 0 amide bonds. The van der Waals surface area contributed by atoms with Crippen LogP contribution in [0, 0.1) is 6.92 Å². The molecule has 13 heavy (non-hydrogen) atoms. The number of anilines is 1. The summed E-state index contributed by atoms with van der Waals surface area (Å²) in [6, 6.07) is 0. The topological polar surface area (TPSA) is 64.7 Å². The van der Waals surface area contributed by atoms with Crippen LogP contribution >= 0.6 is 11.3 Å². The van der Waals surface area contributed by atoms with E-state index in [1.54, 1.807) is 0 Å². The monoisotopic (exact) mass is 196 g/mol. The highest BCUT2D eigenvalue weighted by Gasteiger charge is 2.01. The zero-order valence-electron chi connectivity index (χ0n) is 7.90. The highest BCUT2D eigenvalue weighted by atomic mass is 32.1. The molecule has 70 valence electrons. The Morgan fingerprint density at radius 2 is 2.00 bits per heavy atom. The minimum Gasteiger partial charge on any atom is -0.382 e. The normalized spacial score (nSPS) is 9.46. The van der Waals surface area contributed by atoms with Crippen molar-refractivity contribution in [2.24, 2.45) is 0 Å². The van der Waals surface area contributed by atoms with Gasteiger partial charge in [-0.3, -0.25) is 0 Å². The van der Waals surface area contributed by atoms with Crippen LogP contribution in [0.4, 0.5) is 5.82 Å². The van der Waals surface area contributed by atoms with Crippen molar-refractivity contribution in [1.82, 2.24) is 15.0 Å². The summed E-state index contributed by atoms with van der Waals surface area (Å²) in [7, 11) is 0. The molecule has 2 aromatic rings. The first-order valence-corrected chi connectivity index (χ1v) is 4.93. The van der Waals surface area contributed by atoms with Crippen molar-refractivity contribution >= 4 is 27.6 Å². The molecular formula is C8H12N4S. The summed E-state index contributed by atoms with van der Waals surface area (Å²) in [5.41, 5.74) is 6.12. The van der Waals surface area contributed by atoms with Crippen LogP contribution in [0.25, 0.3) is 10.5 Å². The van der Waals surface area contributed by atoms with Gasteiger partial charge >= 0.3 is 0 Å². The van der Waals surface area contributed by atoms with Gasteiger partial charge in [-0.2, -0.15) is 0 Å². The third kappa shape index (κ3) is 2.12. The first-order valence-electron chi connectivity index (χ1n) is 4.11. The Labute approximate surface area is 80.9 Å². The van der Waals surface area contributed by atoms with Gasteiger partial charge < -0.3 is 5.73 Å². The summed E-state index contributed by atoms with van der Waals surface area (Å²) in [6.45, 7) is 5.92. The SMILES string of the molecule is CC.Cc1nc2ncc(N)nc2s1. The quantitative estimate of drug-likeness (QED) is 0.700. The molecular weight excluding hydrogens is 184 g/mol. The second-order valence-electron chi connectivity index (χ2n) is 2.16. The van der Waals surface area contributed by atoms with E-state index in [9.17, 15) is 0 Å². The van der Waals surface area contributed by atoms with Gasteiger partial charge in [-0.25, -0.2) is 15.0 Å². The maximum Gasteiger partial charge on any atom is 0.189 e. The van der Waals surface area contributed by atoms with E-state index < -0.39 is 0 Å². The van der Waals surface area contributed by atoms with Crippen LogP contribution in [0.5, 0.6) is 0 Å². The summed E-state index contributed by atoms with van der Waals surface area (Å²) in [6.07, 6.45) is 1.52. The van der Waals surface area contributed by atoms with Gasteiger partial charge in [0.15, 0.2) is 10.5 Å². The van der Waals surface area contributed by atoms with Crippen LogP contribution in [0.15, 0.2) is 6.20 Å². The predicted octanol–water partition coefficient (Wildman–Crippen LogP) is 2.00. The Balaban J connectivity index is 0.000000396. The van der Waals surface area contributed by atoms with Crippen molar-refractivity contribution in [2.75, 3.05) is 5.73 Å². The van der Waals surface area contributed by atoms with Gasteiger partial charge in [-0.05, 0) is 6.92 Å². The van der Waals surface area contributed by atoms with E-state index in [1.165, 1.54) is 17.5 Å². The minimum atomic E-state index is 0.446. The Morgan fingerprint density at radius 3 is 2.69 bits per heavy atom. The van der Waals surface area contributed by atoms with Crippen molar-refractivity contribution in [3.05, 3.63) is 11.2 Å². The molecule has 0 aliphatic rings. The van der Waals surface area contributed by atoms with E-state index in [0.29, 0.717) is 11.5 Å². The number of nitrogens with zero attached hydrogens (tertiary/aromatic N) is 3. The van der Waals surface area contributed by atoms with Crippen molar-refractivity contribution < 1.29 is 0 Å². The third-order valence-electron chi connectivity index (χ3n) is 1.25. The minimum absolute atomic E-state index is 0.446. The number of fused-ring (bicyclic) bond motifs is 1. The van der Waals surface area contributed by atoms with Gasteiger partial charge in [0.05, 0.1) is 11.2 Å². The van der Waals surface area contributed by atoms with Crippen molar-refractivity contribution in [1.29, 1.82) is 0 Å². The largest absolute Gasteiger partial charge is 0.382 e. The summed E-state index contributed by atoms with van der Waals surface area (Å²) in [5, 5.41) is 0.964. The molecule has 0 atom stereocenters. The van der Waals surface area contributed by atoms with E-state index in [-0.39, 0.29) is 0 Å². The zero-order valence-corrected chi connectivity index (χ0v) is 8.72. The van der Waals surface area contributed by atoms with Gasteiger partial charge in [0.2, 0.25) is 0 Å². The van der Waals surface area contributed by atoms with Crippen molar-refractivity contribution in [3.63, 3.8) is 0 Å². The lowest BCUT2D eigenvalue weighted by Gasteiger charge is -1.87. The second kappa shape index (κ2) is 4.13. The van der Waals surface area contributed by atoms with Crippen molar-refractivity contribution in [3.8, 4) is 0 Å². The molecule has 0 aliphatic heterocycles.